The predicted octanol–water partition coefficient (Wildman–Crippen LogP) is 1.23. The van der Waals surface area contributed by atoms with E-state index in [2.05, 4.69) is 20.9 Å². The van der Waals surface area contributed by atoms with Crippen LogP contribution in [0.4, 0.5) is 10.5 Å². The minimum absolute atomic E-state index is 0.0752. The first-order chi connectivity index (χ1) is 17.2. The van der Waals surface area contributed by atoms with E-state index in [0.29, 0.717) is 5.56 Å². The number of nitro groups is 1. The number of aromatic nitrogens is 1. The van der Waals surface area contributed by atoms with Gasteiger partial charge in [0, 0.05) is 35.7 Å². The van der Waals surface area contributed by atoms with Crippen molar-refractivity contribution in [3.05, 3.63) is 76.0 Å². The Morgan fingerprint density at radius 2 is 1.75 bits per heavy atom. The standard InChI is InChI=1S/C23H23N5O8/c29-20(11-26-23(33)36-13-14-5-7-16(8-6-14)28(34)35)27-19(22(32)25-12-21(30)31)9-15-10-24-18-4-2-1-3-17(15)18/h1-8,10,19,24H,9,11-13H2,(H,25,32)(H,26,33)(H,27,29)(H,30,31)/t19-/m1/s1. The number of carbonyl (C=O) groups excluding carboxylic acids is 3. The summed E-state index contributed by atoms with van der Waals surface area (Å²) in [5.74, 6) is -2.63. The Labute approximate surface area is 204 Å². The van der Waals surface area contributed by atoms with Crippen LogP contribution < -0.4 is 16.0 Å². The third-order valence-electron chi connectivity index (χ3n) is 5.07. The Morgan fingerprint density at radius 3 is 2.44 bits per heavy atom. The highest BCUT2D eigenvalue weighted by molar-refractivity contribution is 5.92. The summed E-state index contributed by atoms with van der Waals surface area (Å²) >= 11 is 0. The fourth-order valence-corrected chi connectivity index (χ4v) is 3.33. The van der Waals surface area contributed by atoms with Crippen molar-refractivity contribution in [3.63, 3.8) is 0 Å². The first kappa shape index (κ1) is 25.7. The number of non-ortho nitro benzene ring substituents is 1. The number of fused-ring (bicyclic) bond motifs is 1. The number of ether oxygens (including phenoxy) is 1. The second-order valence-corrected chi connectivity index (χ2v) is 7.65. The minimum Gasteiger partial charge on any atom is -0.480 e. The summed E-state index contributed by atoms with van der Waals surface area (Å²) in [6.45, 7) is -1.30. The summed E-state index contributed by atoms with van der Waals surface area (Å²) in [4.78, 5) is 60.9. The van der Waals surface area contributed by atoms with E-state index < -0.39 is 47.9 Å². The third-order valence-corrected chi connectivity index (χ3v) is 5.07. The van der Waals surface area contributed by atoms with Crippen LogP contribution in [0.5, 0.6) is 0 Å². The van der Waals surface area contributed by atoms with Crippen LogP contribution in [-0.4, -0.2) is 58.0 Å². The van der Waals surface area contributed by atoms with E-state index in [1.165, 1.54) is 24.3 Å². The van der Waals surface area contributed by atoms with Crippen LogP contribution in [0.3, 0.4) is 0 Å². The number of benzene rings is 2. The van der Waals surface area contributed by atoms with Gasteiger partial charge in [-0.1, -0.05) is 18.2 Å². The average Bonchev–Trinajstić information content (AvgIpc) is 3.27. The molecule has 3 rings (SSSR count). The number of nitrogens with zero attached hydrogens (tertiary/aromatic N) is 1. The molecule has 0 spiro atoms. The number of carboxylic acid groups (broad SMARTS) is 1. The Hall–Kier alpha value is -4.94. The number of amides is 3. The number of aromatic amines is 1. The van der Waals surface area contributed by atoms with Crippen molar-refractivity contribution >= 4 is 40.5 Å². The van der Waals surface area contributed by atoms with Gasteiger partial charge in [-0.15, -0.1) is 0 Å². The first-order valence-electron chi connectivity index (χ1n) is 10.7. The number of carboxylic acids is 1. The molecule has 13 nitrogen and oxygen atoms in total. The van der Waals surface area contributed by atoms with E-state index in [1.807, 2.05) is 24.3 Å². The predicted molar refractivity (Wildman–Crippen MR) is 126 cm³/mol. The molecule has 0 aliphatic rings. The van der Waals surface area contributed by atoms with Crippen LogP contribution >= 0.6 is 0 Å². The summed E-state index contributed by atoms with van der Waals surface area (Å²) in [5, 5.41) is 27.4. The summed E-state index contributed by atoms with van der Waals surface area (Å²) < 4.78 is 4.98. The van der Waals surface area contributed by atoms with Gasteiger partial charge in [-0.3, -0.25) is 24.5 Å². The summed E-state index contributed by atoms with van der Waals surface area (Å²) in [7, 11) is 0. The highest BCUT2D eigenvalue weighted by Crippen LogP contribution is 2.19. The molecule has 0 fully saturated rings. The summed E-state index contributed by atoms with van der Waals surface area (Å²) in [6.07, 6.45) is 0.862. The van der Waals surface area contributed by atoms with Crippen LogP contribution in [0.2, 0.25) is 0 Å². The van der Waals surface area contributed by atoms with Gasteiger partial charge >= 0.3 is 12.1 Å². The van der Waals surface area contributed by atoms with E-state index in [9.17, 15) is 29.3 Å². The molecular formula is C23H23N5O8. The van der Waals surface area contributed by atoms with Crippen molar-refractivity contribution in [1.82, 2.24) is 20.9 Å². The van der Waals surface area contributed by atoms with Crippen molar-refractivity contribution in [3.8, 4) is 0 Å². The Bertz CT molecular complexity index is 1270. The molecule has 2 aromatic carbocycles. The number of hydrogen-bond donors (Lipinski definition) is 5. The SMILES string of the molecule is O=C(O)CNC(=O)[C@@H](Cc1c[nH]c2ccccc12)NC(=O)CNC(=O)OCc1ccc([N+](=O)[O-])cc1. The second kappa shape index (κ2) is 12.0. The van der Waals surface area contributed by atoms with Crippen molar-refractivity contribution < 1.29 is 33.9 Å². The molecule has 0 saturated carbocycles. The Balaban J connectivity index is 1.55. The van der Waals surface area contributed by atoms with Crippen molar-refractivity contribution in [2.75, 3.05) is 13.1 Å². The second-order valence-electron chi connectivity index (χ2n) is 7.65. The average molecular weight is 497 g/mol. The fraction of sp³-hybridized carbons (Fsp3) is 0.217. The van der Waals surface area contributed by atoms with E-state index in [0.717, 1.165) is 16.5 Å². The molecule has 1 atom stereocenters. The number of hydrogen-bond acceptors (Lipinski definition) is 7. The molecular weight excluding hydrogens is 474 g/mol. The van der Waals surface area contributed by atoms with Gasteiger partial charge in [0.05, 0.1) is 4.92 Å². The van der Waals surface area contributed by atoms with Gasteiger partial charge in [0.25, 0.3) is 5.69 Å². The Morgan fingerprint density at radius 1 is 1.03 bits per heavy atom. The molecule has 0 radical (unpaired) electrons. The van der Waals surface area contributed by atoms with Crippen LogP contribution in [0.25, 0.3) is 10.9 Å². The van der Waals surface area contributed by atoms with Crippen LogP contribution in [0.1, 0.15) is 11.1 Å². The summed E-state index contributed by atoms with van der Waals surface area (Å²) in [5.41, 5.74) is 1.97. The lowest BCUT2D eigenvalue weighted by Crippen LogP contribution is -2.51. The van der Waals surface area contributed by atoms with E-state index in [-0.39, 0.29) is 18.7 Å². The van der Waals surface area contributed by atoms with Crippen molar-refractivity contribution in [2.45, 2.75) is 19.1 Å². The quantitative estimate of drug-likeness (QED) is 0.193. The van der Waals surface area contributed by atoms with Crippen LogP contribution in [-0.2, 0) is 32.1 Å². The molecule has 3 amide bonds. The molecule has 1 heterocycles. The third kappa shape index (κ3) is 7.28. The zero-order chi connectivity index (χ0) is 26.1. The lowest BCUT2D eigenvalue weighted by Gasteiger charge is -2.18. The van der Waals surface area contributed by atoms with Crippen LogP contribution in [0, 0.1) is 10.1 Å². The molecule has 0 aliphatic heterocycles. The largest absolute Gasteiger partial charge is 0.480 e. The normalized spacial score (nSPS) is 11.3. The number of aliphatic carboxylic acids is 1. The molecule has 3 aromatic rings. The van der Waals surface area contributed by atoms with Crippen molar-refractivity contribution in [2.24, 2.45) is 0 Å². The number of H-pyrrole nitrogens is 1. The number of rotatable bonds is 11. The number of alkyl carbamates (subject to hydrolysis) is 1. The fourth-order valence-electron chi connectivity index (χ4n) is 3.33. The lowest BCUT2D eigenvalue weighted by molar-refractivity contribution is -0.384. The van der Waals surface area contributed by atoms with E-state index in [4.69, 9.17) is 9.84 Å². The molecule has 1 aromatic heterocycles. The molecule has 0 saturated heterocycles. The van der Waals surface area contributed by atoms with Gasteiger partial charge in [-0.25, -0.2) is 4.79 Å². The number of para-hydroxylation sites is 1. The molecule has 188 valence electrons. The van der Waals surface area contributed by atoms with Gasteiger partial charge in [0.15, 0.2) is 0 Å². The van der Waals surface area contributed by atoms with Crippen molar-refractivity contribution in [1.29, 1.82) is 0 Å². The smallest absolute Gasteiger partial charge is 0.407 e. The zero-order valence-electron chi connectivity index (χ0n) is 18.9. The molecule has 0 unspecified atom stereocenters. The molecule has 0 bridgehead atoms. The van der Waals surface area contributed by atoms with E-state index >= 15 is 0 Å². The maximum atomic E-state index is 12.6. The van der Waals surface area contributed by atoms with Crippen LogP contribution in [0.15, 0.2) is 54.7 Å². The monoisotopic (exact) mass is 497 g/mol. The zero-order valence-corrected chi connectivity index (χ0v) is 18.9. The van der Waals surface area contributed by atoms with Gasteiger partial charge < -0.3 is 30.8 Å². The van der Waals surface area contributed by atoms with Gasteiger partial charge in [-0.2, -0.15) is 0 Å². The van der Waals surface area contributed by atoms with Gasteiger partial charge in [0.1, 0.15) is 25.7 Å². The first-order valence-corrected chi connectivity index (χ1v) is 10.7. The molecule has 36 heavy (non-hydrogen) atoms. The topological polar surface area (TPSA) is 193 Å². The molecule has 13 heteroatoms. The summed E-state index contributed by atoms with van der Waals surface area (Å²) in [6, 6.07) is 11.7. The van der Waals surface area contributed by atoms with E-state index in [1.54, 1.807) is 6.20 Å². The highest BCUT2D eigenvalue weighted by atomic mass is 16.6. The molecule has 0 aliphatic carbocycles. The Kier molecular flexibility index (Phi) is 8.54. The highest BCUT2D eigenvalue weighted by Gasteiger charge is 2.23. The lowest BCUT2D eigenvalue weighted by atomic mass is 10.0. The van der Waals surface area contributed by atoms with Gasteiger partial charge in [0.2, 0.25) is 11.8 Å². The maximum Gasteiger partial charge on any atom is 0.407 e. The molecule has 5 N–H and O–H groups in total. The minimum atomic E-state index is -1.24. The maximum absolute atomic E-state index is 12.6. The van der Waals surface area contributed by atoms with Gasteiger partial charge in [-0.05, 0) is 29.3 Å². The number of carbonyl (C=O) groups is 4. The number of nitrogens with one attached hydrogen (secondary N) is 4. The number of nitro benzene ring substituents is 1.